The van der Waals surface area contributed by atoms with Gasteiger partial charge in [0.05, 0.1) is 0 Å². The first-order valence-electron chi connectivity index (χ1n) is 8.34. The second-order valence-electron chi connectivity index (χ2n) is 6.71. The molecule has 1 aromatic heterocycles. The van der Waals surface area contributed by atoms with Crippen LogP contribution in [0.3, 0.4) is 0 Å². The van der Waals surface area contributed by atoms with Gasteiger partial charge in [0, 0.05) is 45.2 Å². The van der Waals surface area contributed by atoms with Crippen LogP contribution in [0.5, 0.6) is 0 Å². The Morgan fingerprint density at radius 1 is 1.22 bits per heavy atom. The van der Waals surface area contributed by atoms with E-state index >= 15 is 0 Å². The van der Waals surface area contributed by atoms with Gasteiger partial charge in [-0.25, -0.2) is 12.7 Å². The fourth-order valence-electron chi connectivity index (χ4n) is 3.23. The van der Waals surface area contributed by atoms with E-state index in [1.54, 1.807) is 4.90 Å². The molecular weight excluding hydrogens is 390 g/mol. The van der Waals surface area contributed by atoms with Gasteiger partial charge in [0.2, 0.25) is 10.0 Å². The second-order valence-corrected chi connectivity index (χ2v) is 8.83. The van der Waals surface area contributed by atoms with Crippen LogP contribution in [-0.4, -0.2) is 56.8 Å². The van der Waals surface area contributed by atoms with Crippen LogP contribution in [0, 0.1) is 6.92 Å². The Morgan fingerprint density at radius 2 is 1.85 bits per heavy atom. The van der Waals surface area contributed by atoms with E-state index < -0.39 is 10.0 Å². The second kappa shape index (κ2) is 8.02. The van der Waals surface area contributed by atoms with E-state index in [0.717, 1.165) is 9.87 Å². The van der Waals surface area contributed by atoms with Gasteiger partial charge in [0.1, 0.15) is 10.7 Å². The molecule has 0 unspecified atom stereocenters. The number of carbonyl (C=O) groups is 1. The first kappa shape index (κ1) is 21.4. The van der Waals surface area contributed by atoms with Gasteiger partial charge in [-0.2, -0.15) is 0 Å². The Labute approximate surface area is 165 Å². The topological polar surface area (TPSA) is 96.8 Å². The van der Waals surface area contributed by atoms with E-state index in [9.17, 15) is 13.2 Å². The summed E-state index contributed by atoms with van der Waals surface area (Å²) < 4.78 is 31.2. The third-order valence-electron chi connectivity index (χ3n) is 4.72. The maximum atomic E-state index is 12.8. The monoisotopic (exact) mass is 413 g/mol. The molecule has 1 aromatic carbocycles. The summed E-state index contributed by atoms with van der Waals surface area (Å²) in [5, 5.41) is 0. The molecule has 0 radical (unpaired) electrons. The summed E-state index contributed by atoms with van der Waals surface area (Å²) in [5.74, 6) is -0.0858. The number of aryl methyl sites for hydroxylation is 1. The van der Waals surface area contributed by atoms with Crippen molar-refractivity contribution in [3.8, 4) is 0 Å². The lowest BCUT2D eigenvalue weighted by atomic mass is 9.95. The number of benzene rings is 1. The zero-order valence-corrected chi connectivity index (χ0v) is 17.1. The van der Waals surface area contributed by atoms with Gasteiger partial charge in [0.25, 0.3) is 5.91 Å². The molecule has 0 aliphatic carbocycles. The molecule has 1 saturated heterocycles. The summed E-state index contributed by atoms with van der Waals surface area (Å²) >= 11 is 0. The molecule has 0 spiro atoms. The first-order chi connectivity index (χ1) is 12.2. The zero-order chi connectivity index (χ0) is 19.1. The predicted molar refractivity (Wildman–Crippen MR) is 105 cm³/mol. The van der Waals surface area contributed by atoms with Gasteiger partial charge in [-0.15, -0.1) is 12.4 Å². The molecule has 3 rings (SSSR count). The molecule has 1 fully saturated rings. The molecule has 9 heteroatoms. The van der Waals surface area contributed by atoms with Crippen LogP contribution in [0.2, 0.25) is 0 Å². The van der Waals surface area contributed by atoms with Gasteiger partial charge < -0.3 is 15.1 Å². The van der Waals surface area contributed by atoms with Crippen molar-refractivity contribution in [1.29, 1.82) is 0 Å². The van der Waals surface area contributed by atoms with Crippen LogP contribution in [0.1, 0.15) is 27.8 Å². The van der Waals surface area contributed by atoms with Crippen LogP contribution in [0.25, 0.3) is 0 Å². The number of carbonyl (C=O) groups excluding carboxylic acids is 1. The zero-order valence-electron chi connectivity index (χ0n) is 15.5. The molecule has 0 saturated carbocycles. The van der Waals surface area contributed by atoms with E-state index in [-0.39, 0.29) is 46.7 Å². The highest BCUT2D eigenvalue weighted by molar-refractivity contribution is 7.89. The largest absolute Gasteiger partial charge is 0.455 e. The van der Waals surface area contributed by atoms with Crippen molar-refractivity contribution in [2.75, 3.05) is 27.2 Å². The number of amides is 1. The van der Waals surface area contributed by atoms with Crippen molar-refractivity contribution in [3.63, 3.8) is 0 Å². The fraction of sp³-hybridized carbons (Fsp3) is 0.389. The highest BCUT2D eigenvalue weighted by atomic mass is 35.5. The molecule has 1 aliphatic rings. The number of hydrogen-bond donors (Lipinski definition) is 1. The van der Waals surface area contributed by atoms with Gasteiger partial charge in [0.15, 0.2) is 5.76 Å². The lowest BCUT2D eigenvalue weighted by Gasteiger charge is -2.15. The molecule has 27 heavy (non-hydrogen) atoms. The van der Waals surface area contributed by atoms with Crippen molar-refractivity contribution in [3.05, 3.63) is 53.5 Å². The lowest BCUT2D eigenvalue weighted by Crippen LogP contribution is -2.32. The number of likely N-dealkylation sites (tertiary alicyclic amines) is 1. The molecule has 1 amide bonds. The molecular formula is C18H24ClN3O4S. The van der Waals surface area contributed by atoms with E-state index in [1.807, 2.05) is 30.3 Å². The Balaban J connectivity index is 0.00000261. The minimum absolute atomic E-state index is 0. The van der Waals surface area contributed by atoms with E-state index in [1.165, 1.54) is 27.1 Å². The van der Waals surface area contributed by atoms with E-state index in [2.05, 4.69) is 0 Å². The van der Waals surface area contributed by atoms with Gasteiger partial charge in [-0.05, 0) is 12.5 Å². The third-order valence-corrected chi connectivity index (χ3v) is 6.64. The molecule has 2 aromatic rings. The first-order valence-corrected chi connectivity index (χ1v) is 9.78. The number of nitrogens with two attached hydrogens (primary N) is 1. The van der Waals surface area contributed by atoms with Gasteiger partial charge in [-0.1, -0.05) is 30.3 Å². The average Bonchev–Trinajstić information content (AvgIpc) is 3.18. The Morgan fingerprint density at radius 3 is 2.44 bits per heavy atom. The van der Waals surface area contributed by atoms with Crippen molar-refractivity contribution in [2.45, 2.75) is 23.8 Å². The van der Waals surface area contributed by atoms with Crippen LogP contribution in [0.4, 0.5) is 0 Å². The lowest BCUT2D eigenvalue weighted by molar-refractivity contribution is 0.0756. The summed E-state index contributed by atoms with van der Waals surface area (Å²) in [7, 11) is -0.789. The predicted octanol–water partition coefficient (Wildman–Crippen LogP) is 1.83. The summed E-state index contributed by atoms with van der Waals surface area (Å²) in [6, 6.07) is 10.9. The maximum Gasteiger partial charge on any atom is 0.289 e. The van der Waals surface area contributed by atoms with Crippen molar-refractivity contribution in [1.82, 2.24) is 9.21 Å². The molecule has 148 valence electrons. The van der Waals surface area contributed by atoms with Crippen LogP contribution < -0.4 is 5.73 Å². The van der Waals surface area contributed by atoms with Gasteiger partial charge in [-0.3, -0.25) is 4.79 Å². The average molecular weight is 414 g/mol. The van der Waals surface area contributed by atoms with E-state index in [4.69, 9.17) is 10.2 Å². The van der Waals surface area contributed by atoms with Crippen LogP contribution in [0.15, 0.2) is 45.7 Å². The normalized spacial score (nSPS) is 20.0. The number of halogens is 1. The number of nitrogens with zero attached hydrogens (tertiary/aromatic N) is 2. The molecule has 2 atom stereocenters. The quantitative estimate of drug-likeness (QED) is 0.824. The summed E-state index contributed by atoms with van der Waals surface area (Å²) in [4.78, 5) is 14.4. The molecule has 1 aliphatic heterocycles. The Kier molecular flexibility index (Phi) is 6.36. The molecule has 2 N–H and O–H groups in total. The summed E-state index contributed by atoms with van der Waals surface area (Å²) in [6.07, 6.45) is 0. The van der Waals surface area contributed by atoms with Crippen LogP contribution >= 0.6 is 12.4 Å². The number of hydrogen-bond acceptors (Lipinski definition) is 5. The molecule has 0 bridgehead atoms. The van der Waals surface area contributed by atoms with Crippen molar-refractivity contribution >= 4 is 28.3 Å². The minimum Gasteiger partial charge on any atom is -0.455 e. The smallest absolute Gasteiger partial charge is 0.289 e. The minimum atomic E-state index is -3.66. The van der Waals surface area contributed by atoms with E-state index in [0.29, 0.717) is 13.1 Å². The van der Waals surface area contributed by atoms with Crippen molar-refractivity contribution < 1.29 is 17.6 Å². The Hall–Kier alpha value is -1.87. The highest BCUT2D eigenvalue weighted by Gasteiger charge is 2.36. The Bertz CT molecular complexity index is 912. The highest BCUT2D eigenvalue weighted by Crippen LogP contribution is 2.29. The van der Waals surface area contributed by atoms with Crippen molar-refractivity contribution in [2.24, 2.45) is 5.73 Å². The van der Waals surface area contributed by atoms with Gasteiger partial charge >= 0.3 is 0 Å². The third kappa shape index (κ3) is 4.03. The summed E-state index contributed by atoms with van der Waals surface area (Å²) in [5.41, 5.74) is 7.32. The molecule has 2 heterocycles. The summed E-state index contributed by atoms with van der Waals surface area (Å²) in [6.45, 7) is 2.41. The van der Waals surface area contributed by atoms with Crippen LogP contribution in [-0.2, 0) is 10.0 Å². The number of rotatable bonds is 4. The molecule has 7 nitrogen and oxygen atoms in total. The number of furan rings is 1. The fourth-order valence-corrected chi connectivity index (χ4v) is 4.28. The standard InChI is InChI=1S/C18H23N3O4S.ClH/c1-12-17(26(23,24)20(2)3)9-16(25-12)18(22)21-10-14(15(19)11-21)13-7-5-4-6-8-13;/h4-9,14-15H,10-11,19H2,1-3H3;1H/t14-,15+;/m0./s1. The number of sulfonamides is 1. The maximum absolute atomic E-state index is 12.8. The SMILES string of the molecule is Cc1oc(C(=O)N2C[C@@H](N)[C@H](c3ccccc3)C2)cc1S(=O)(=O)N(C)C.Cl.